The molecule has 0 atom stereocenters. The molecule has 1 saturated carbocycles. The van der Waals surface area contributed by atoms with Crippen molar-refractivity contribution in [3.8, 4) is 0 Å². The summed E-state index contributed by atoms with van der Waals surface area (Å²) in [6, 6.07) is 6.26. The number of benzene rings is 1. The van der Waals surface area contributed by atoms with Crippen molar-refractivity contribution in [1.29, 1.82) is 0 Å². The van der Waals surface area contributed by atoms with Crippen LogP contribution >= 0.6 is 0 Å². The normalized spacial score (nSPS) is 22.4. The summed E-state index contributed by atoms with van der Waals surface area (Å²) in [6.07, 6.45) is 4.28. The highest BCUT2D eigenvalue weighted by atomic mass is 19.1. The Kier molecular flexibility index (Phi) is 4.82. The number of amides is 1. The van der Waals surface area contributed by atoms with E-state index in [1.807, 2.05) is 6.07 Å². The van der Waals surface area contributed by atoms with Crippen molar-refractivity contribution in [2.75, 3.05) is 13.1 Å². The molecule has 5 nitrogen and oxygen atoms in total. The van der Waals surface area contributed by atoms with E-state index in [-0.39, 0.29) is 37.7 Å². The third-order valence-corrected chi connectivity index (χ3v) is 5.77. The average molecular weight is 349 g/mol. The molecule has 0 bridgehead atoms. The Morgan fingerprint density at radius 1 is 1.04 bits per heavy atom. The van der Waals surface area contributed by atoms with Gasteiger partial charge in [-0.1, -0.05) is 31.4 Å². The fourth-order valence-electron chi connectivity index (χ4n) is 4.16. The first-order valence-electron chi connectivity index (χ1n) is 8.89. The lowest BCUT2D eigenvalue weighted by Gasteiger charge is -2.43. The van der Waals surface area contributed by atoms with E-state index in [9.17, 15) is 19.1 Å². The van der Waals surface area contributed by atoms with E-state index in [1.165, 1.54) is 12.1 Å². The maximum Gasteiger partial charge on any atom is 0.335 e. The predicted molar refractivity (Wildman–Crippen MR) is 89.6 cm³/mol. The van der Waals surface area contributed by atoms with Gasteiger partial charge in [0.15, 0.2) is 5.60 Å². The zero-order valence-corrected chi connectivity index (χ0v) is 14.2. The molecule has 6 heteroatoms. The highest BCUT2D eigenvalue weighted by molar-refractivity contribution is 5.89. The summed E-state index contributed by atoms with van der Waals surface area (Å²) in [4.78, 5) is 26.2. The maximum absolute atomic E-state index is 13.8. The van der Waals surface area contributed by atoms with Gasteiger partial charge < -0.3 is 15.1 Å². The number of carbonyl (C=O) groups is 2. The number of likely N-dealkylation sites (tertiary alicyclic amines) is 1. The number of hydrogen-bond donors (Lipinski definition) is 2. The summed E-state index contributed by atoms with van der Waals surface area (Å²) in [7, 11) is 0. The Morgan fingerprint density at radius 3 is 2.24 bits per heavy atom. The Hall–Kier alpha value is -1.95. The number of piperidine rings is 1. The van der Waals surface area contributed by atoms with E-state index in [2.05, 4.69) is 0 Å². The Labute approximate surface area is 146 Å². The van der Waals surface area contributed by atoms with Gasteiger partial charge in [0.25, 0.3) is 0 Å². The molecule has 0 spiro atoms. The monoisotopic (exact) mass is 349 g/mol. The number of rotatable bonds is 3. The van der Waals surface area contributed by atoms with Crippen molar-refractivity contribution in [3.05, 3.63) is 35.6 Å². The number of aliphatic carboxylic acids is 1. The van der Waals surface area contributed by atoms with Crippen molar-refractivity contribution in [1.82, 2.24) is 4.90 Å². The third-order valence-electron chi connectivity index (χ3n) is 5.77. The SMILES string of the molecule is O=C(O)C1(O)CCN(C(=O)C2(c3cccc(F)c3)CCCCC2)CC1. The molecule has 1 aromatic carbocycles. The van der Waals surface area contributed by atoms with Crippen molar-refractivity contribution in [2.45, 2.75) is 56.0 Å². The first-order valence-corrected chi connectivity index (χ1v) is 8.89. The van der Waals surface area contributed by atoms with Crippen LogP contribution in [-0.4, -0.2) is 45.7 Å². The molecule has 0 unspecified atom stereocenters. The lowest BCUT2D eigenvalue weighted by Crippen LogP contribution is -2.55. The second-order valence-electron chi connectivity index (χ2n) is 7.28. The Balaban J connectivity index is 1.85. The summed E-state index contributed by atoms with van der Waals surface area (Å²) in [5.74, 6) is -1.66. The van der Waals surface area contributed by atoms with Gasteiger partial charge in [-0.3, -0.25) is 4.79 Å². The van der Waals surface area contributed by atoms with E-state index < -0.39 is 17.0 Å². The topological polar surface area (TPSA) is 77.8 Å². The van der Waals surface area contributed by atoms with Crippen LogP contribution in [0.2, 0.25) is 0 Å². The summed E-state index contributed by atoms with van der Waals surface area (Å²) < 4.78 is 13.8. The molecular weight excluding hydrogens is 325 g/mol. The van der Waals surface area contributed by atoms with E-state index in [1.54, 1.807) is 11.0 Å². The molecule has 1 heterocycles. The van der Waals surface area contributed by atoms with Gasteiger partial charge in [0.2, 0.25) is 5.91 Å². The predicted octanol–water partition coefficient (Wildman–Crippen LogP) is 2.47. The lowest BCUT2D eigenvalue weighted by atomic mass is 9.68. The quantitative estimate of drug-likeness (QED) is 0.879. The van der Waals surface area contributed by atoms with E-state index >= 15 is 0 Å². The molecule has 3 rings (SSSR count). The zero-order chi connectivity index (χ0) is 18.1. The molecule has 1 aliphatic heterocycles. The number of hydrogen-bond acceptors (Lipinski definition) is 3. The van der Waals surface area contributed by atoms with Gasteiger partial charge in [0.1, 0.15) is 5.82 Å². The van der Waals surface area contributed by atoms with Gasteiger partial charge in [-0.2, -0.15) is 0 Å². The molecule has 0 aromatic heterocycles. The molecule has 2 aliphatic rings. The minimum absolute atomic E-state index is 0.0211. The summed E-state index contributed by atoms with van der Waals surface area (Å²) in [5, 5.41) is 19.2. The van der Waals surface area contributed by atoms with E-state index in [0.717, 1.165) is 19.3 Å². The van der Waals surface area contributed by atoms with Crippen LogP contribution in [-0.2, 0) is 15.0 Å². The molecule has 25 heavy (non-hydrogen) atoms. The van der Waals surface area contributed by atoms with Crippen LogP contribution in [0, 0.1) is 5.82 Å². The smallest absolute Gasteiger partial charge is 0.335 e. The molecule has 2 N–H and O–H groups in total. The Morgan fingerprint density at radius 2 is 1.68 bits per heavy atom. The number of carboxylic acids is 1. The standard InChI is InChI=1S/C19H24FNO4/c20-15-6-4-5-14(13-15)18(7-2-1-3-8-18)16(22)21-11-9-19(25,10-12-21)17(23)24/h4-6,13,25H,1-3,7-12H2,(H,23,24). The van der Waals surface area contributed by atoms with E-state index in [0.29, 0.717) is 18.4 Å². The summed E-state index contributed by atoms with van der Waals surface area (Å²) in [6.45, 7) is 0.414. The number of carbonyl (C=O) groups excluding carboxylic acids is 1. The number of aliphatic hydroxyl groups is 1. The molecular formula is C19H24FNO4. The maximum atomic E-state index is 13.8. The van der Waals surface area contributed by atoms with Gasteiger partial charge in [0.05, 0.1) is 5.41 Å². The molecule has 136 valence electrons. The second-order valence-corrected chi connectivity index (χ2v) is 7.28. The summed E-state index contributed by atoms with van der Waals surface area (Å²) >= 11 is 0. The zero-order valence-electron chi connectivity index (χ0n) is 14.2. The van der Waals surface area contributed by atoms with Crippen LogP contribution in [0.25, 0.3) is 0 Å². The molecule has 1 amide bonds. The van der Waals surface area contributed by atoms with Crippen LogP contribution in [0.3, 0.4) is 0 Å². The van der Waals surface area contributed by atoms with E-state index in [4.69, 9.17) is 5.11 Å². The van der Waals surface area contributed by atoms with Crippen LogP contribution in [0.5, 0.6) is 0 Å². The molecule has 1 aliphatic carbocycles. The molecule has 1 aromatic rings. The minimum Gasteiger partial charge on any atom is -0.479 e. The van der Waals surface area contributed by atoms with Gasteiger partial charge in [-0.15, -0.1) is 0 Å². The van der Waals surface area contributed by atoms with Crippen LogP contribution in [0.1, 0.15) is 50.5 Å². The minimum atomic E-state index is -1.75. The number of carboxylic acid groups (broad SMARTS) is 1. The van der Waals surface area contributed by atoms with Crippen molar-refractivity contribution in [2.24, 2.45) is 0 Å². The fourth-order valence-corrected chi connectivity index (χ4v) is 4.16. The molecule has 2 fully saturated rings. The molecule has 0 radical (unpaired) electrons. The van der Waals surface area contributed by atoms with Crippen molar-refractivity contribution >= 4 is 11.9 Å². The highest BCUT2D eigenvalue weighted by Crippen LogP contribution is 2.42. The third kappa shape index (κ3) is 3.27. The summed E-state index contributed by atoms with van der Waals surface area (Å²) in [5.41, 5.74) is -1.79. The van der Waals surface area contributed by atoms with Gasteiger partial charge in [0, 0.05) is 25.9 Å². The first-order chi connectivity index (χ1) is 11.9. The van der Waals surface area contributed by atoms with Crippen molar-refractivity contribution in [3.63, 3.8) is 0 Å². The first kappa shape index (κ1) is 17.9. The van der Waals surface area contributed by atoms with Gasteiger partial charge in [-0.25, -0.2) is 9.18 Å². The number of nitrogens with zero attached hydrogens (tertiary/aromatic N) is 1. The van der Waals surface area contributed by atoms with Crippen LogP contribution in [0.4, 0.5) is 4.39 Å². The fraction of sp³-hybridized carbons (Fsp3) is 0.579. The van der Waals surface area contributed by atoms with Crippen molar-refractivity contribution < 1.29 is 24.2 Å². The van der Waals surface area contributed by atoms with Crippen LogP contribution < -0.4 is 0 Å². The number of halogens is 1. The van der Waals surface area contributed by atoms with Crippen LogP contribution in [0.15, 0.2) is 24.3 Å². The second kappa shape index (κ2) is 6.75. The highest BCUT2D eigenvalue weighted by Gasteiger charge is 2.47. The average Bonchev–Trinajstić information content (AvgIpc) is 2.62. The van der Waals surface area contributed by atoms with Gasteiger partial charge >= 0.3 is 5.97 Å². The van der Waals surface area contributed by atoms with Gasteiger partial charge in [-0.05, 0) is 30.5 Å². The molecule has 1 saturated heterocycles. The Bertz CT molecular complexity index is 661. The largest absolute Gasteiger partial charge is 0.479 e. The lowest BCUT2D eigenvalue weighted by molar-refractivity contribution is -0.166.